The summed E-state index contributed by atoms with van der Waals surface area (Å²) in [4.78, 5) is 16.9. The Hall–Kier alpha value is 1.81. The van der Waals surface area contributed by atoms with Crippen LogP contribution in [0.3, 0.4) is 0 Å². The van der Waals surface area contributed by atoms with Crippen molar-refractivity contribution in [1.29, 1.82) is 0 Å². The van der Waals surface area contributed by atoms with Crippen LogP contribution in [0.1, 0.15) is 0 Å². The minimum atomic E-state index is -2.08. The Morgan fingerprint density at radius 3 is 0.900 bits per heavy atom. The van der Waals surface area contributed by atoms with Gasteiger partial charge < -0.3 is 30.0 Å². The zero-order valence-corrected chi connectivity index (χ0v) is 11.8. The Kier molecular flexibility index (Phi) is 38.6. The average Bonchev–Trinajstić information content (AvgIpc) is 1.25. The molecule has 0 radical (unpaired) electrons. The van der Waals surface area contributed by atoms with E-state index in [1.165, 1.54) is 0 Å². The van der Waals surface area contributed by atoms with Crippen molar-refractivity contribution in [3.8, 4) is 0 Å². The number of rotatable bonds is 0. The summed E-state index contributed by atoms with van der Waals surface area (Å²) in [6, 6.07) is 0. The molecule has 0 rings (SSSR count). The van der Waals surface area contributed by atoms with Gasteiger partial charge in [0.2, 0.25) is 12.3 Å². The van der Waals surface area contributed by atoms with E-state index in [9.17, 15) is 0 Å². The molecule has 0 unspecified atom stereocenters. The minimum Gasteiger partial charge on any atom is -0.565 e. The van der Waals surface area contributed by atoms with Crippen molar-refractivity contribution in [3.05, 3.63) is 0 Å². The van der Waals surface area contributed by atoms with Crippen molar-refractivity contribution in [1.82, 2.24) is 0 Å². The summed E-state index contributed by atoms with van der Waals surface area (Å²) >= 11 is 0. The quantitative estimate of drug-likeness (QED) is 0.375. The molecule has 0 spiro atoms. The fourth-order valence-electron chi connectivity index (χ4n) is 0. The van der Waals surface area contributed by atoms with E-state index >= 15 is 0 Å². The van der Waals surface area contributed by atoms with E-state index in [4.69, 9.17) is 30.0 Å². The maximum Gasteiger partial charge on any atom is 1.00 e. The van der Waals surface area contributed by atoms with Crippen molar-refractivity contribution in [3.63, 3.8) is 0 Å². The average molecular weight is 200 g/mol. The van der Waals surface area contributed by atoms with Gasteiger partial charge in [-0.25, -0.2) is 0 Å². The van der Waals surface area contributed by atoms with Crippen LogP contribution < -0.4 is 113 Å². The van der Waals surface area contributed by atoms with Crippen LogP contribution in [0.2, 0.25) is 0 Å². The summed E-state index contributed by atoms with van der Waals surface area (Å²) < 4.78 is 0. The van der Waals surface area contributed by atoms with Crippen molar-refractivity contribution < 1.29 is 133 Å². The molecule has 0 saturated carbocycles. The normalized spacial score (nSPS) is 4.80. The molecule has 0 aromatic rings. The Morgan fingerprint density at radius 2 is 0.900 bits per heavy atom. The van der Waals surface area contributed by atoms with Crippen LogP contribution in [0.5, 0.6) is 0 Å². The van der Waals surface area contributed by atoms with Gasteiger partial charge in [-0.1, -0.05) is 0 Å². The van der Waals surface area contributed by atoms with Gasteiger partial charge in [-0.05, 0) is 0 Å². The van der Waals surface area contributed by atoms with Gasteiger partial charge >= 0.3 is 103 Å². The first kappa shape index (κ1) is 22.6. The second-order valence-corrected chi connectivity index (χ2v) is 0.532. The summed E-state index contributed by atoms with van der Waals surface area (Å²) in [6.07, 6.45) is -4.17. The molecule has 0 aliphatic rings. The van der Waals surface area contributed by atoms with Gasteiger partial charge in [-0.15, -0.1) is 0 Å². The predicted octanol–water partition coefficient (Wildman–Crippen LogP) is -8.22. The van der Waals surface area contributed by atoms with Crippen molar-refractivity contribution in [2.24, 2.45) is 0 Å². The first-order chi connectivity index (χ1) is 3.46. The molecule has 0 fully saturated rings. The molecule has 48 valence electrons. The maximum absolute atomic E-state index is 8.44. The van der Waals surface area contributed by atoms with Gasteiger partial charge in [0.1, 0.15) is 0 Å². The van der Waals surface area contributed by atoms with Gasteiger partial charge in [0.25, 0.3) is 0 Å². The van der Waals surface area contributed by atoms with E-state index in [1.54, 1.807) is 0 Å². The van der Waals surface area contributed by atoms with Crippen molar-refractivity contribution in [2.45, 2.75) is 0 Å². The van der Waals surface area contributed by atoms with Gasteiger partial charge in [-0.2, -0.15) is 0 Å². The second-order valence-electron chi connectivity index (χ2n) is 0.532. The first-order valence-corrected chi connectivity index (χ1v) is 1.26. The summed E-state index contributed by atoms with van der Waals surface area (Å²) in [5, 5.41) is 30.6. The van der Waals surface area contributed by atoms with E-state index in [2.05, 4.69) is 0 Å². The van der Waals surface area contributed by atoms with E-state index in [0.29, 0.717) is 0 Å². The molecule has 0 amide bonds. The van der Waals surface area contributed by atoms with Crippen LogP contribution in [0.15, 0.2) is 0 Å². The Bertz CT molecular complexity index is 71.7. The Morgan fingerprint density at radius 1 is 0.900 bits per heavy atom. The SMILES string of the molecule is O=C([O-])O.O=C([O-])O.[K+].[K+]. The van der Waals surface area contributed by atoms with Crippen LogP contribution in [-0.2, 0) is 0 Å². The summed E-state index contributed by atoms with van der Waals surface area (Å²) in [5.74, 6) is 0. The molecular formula is C2H2K2O6. The largest absolute Gasteiger partial charge is 1.00 e. The molecule has 0 aliphatic heterocycles. The fraction of sp³-hybridized carbons (Fsp3) is 0. The van der Waals surface area contributed by atoms with Crippen molar-refractivity contribution >= 4 is 12.3 Å². The molecule has 0 saturated heterocycles. The number of hydrogen-bond acceptors (Lipinski definition) is 4. The molecule has 8 heteroatoms. The molecule has 2 N–H and O–H groups in total. The summed E-state index contributed by atoms with van der Waals surface area (Å²) in [7, 11) is 0. The number of carbonyl (C=O) groups is 2. The van der Waals surface area contributed by atoms with Gasteiger partial charge in [-0.3, -0.25) is 0 Å². The molecule has 0 aromatic carbocycles. The van der Waals surface area contributed by atoms with Crippen LogP contribution in [0.4, 0.5) is 9.59 Å². The van der Waals surface area contributed by atoms with Gasteiger partial charge in [0.05, 0.1) is 0 Å². The third-order valence-corrected chi connectivity index (χ3v) is 0. The van der Waals surface area contributed by atoms with Crippen LogP contribution in [0, 0.1) is 0 Å². The van der Waals surface area contributed by atoms with E-state index in [-0.39, 0.29) is 103 Å². The Balaban J connectivity index is -0.0000000300. The maximum atomic E-state index is 8.44. The molecule has 10 heavy (non-hydrogen) atoms. The van der Waals surface area contributed by atoms with Gasteiger partial charge in [0, 0.05) is 0 Å². The summed E-state index contributed by atoms with van der Waals surface area (Å²) in [6.45, 7) is 0. The van der Waals surface area contributed by atoms with Crippen molar-refractivity contribution in [2.75, 3.05) is 0 Å². The fourth-order valence-corrected chi connectivity index (χ4v) is 0. The minimum absolute atomic E-state index is 0. The van der Waals surface area contributed by atoms with Crippen LogP contribution in [-0.4, -0.2) is 22.5 Å². The standard InChI is InChI=1S/2CH2O3.2K/c2*2-1(3)4;;/h2*(H2,2,3,4);;/q;;2*+1/p-2. The molecule has 0 heterocycles. The van der Waals surface area contributed by atoms with E-state index < -0.39 is 12.3 Å². The smallest absolute Gasteiger partial charge is 0.565 e. The topological polar surface area (TPSA) is 121 Å². The van der Waals surface area contributed by atoms with E-state index in [1.807, 2.05) is 0 Å². The zero-order chi connectivity index (χ0) is 7.15. The molecule has 0 bridgehead atoms. The zero-order valence-electron chi connectivity index (χ0n) is 5.53. The van der Waals surface area contributed by atoms with Crippen LogP contribution >= 0.6 is 0 Å². The third kappa shape index (κ3) is 232. The van der Waals surface area contributed by atoms with E-state index in [0.717, 1.165) is 0 Å². The monoisotopic (exact) mass is 200 g/mol. The molecule has 0 aliphatic carbocycles. The molecule has 0 atom stereocenters. The second kappa shape index (κ2) is 17.1. The van der Waals surface area contributed by atoms with Crippen LogP contribution in [0.25, 0.3) is 0 Å². The molecular weight excluding hydrogens is 198 g/mol. The molecule has 6 nitrogen and oxygen atoms in total. The molecule has 0 aromatic heterocycles. The summed E-state index contributed by atoms with van der Waals surface area (Å²) in [5.41, 5.74) is 0. The number of hydrogen-bond donors (Lipinski definition) is 2. The predicted molar refractivity (Wildman–Crippen MR) is 16.0 cm³/mol. The number of carboxylic acid groups (broad SMARTS) is 4. The van der Waals surface area contributed by atoms with Gasteiger partial charge in [0.15, 0.2) is 0 Å². The Labute approximate surface area is 141 Å². The third-order valence-electron chi connectivity index (χ3n) is 0. The first-order valence-electron chi connectivity index (χ1n) is 1.26.